The topological polar surface area (TPSA) is 24.1 Å². The Hall–Kier alpha value is -2.91. The molecule has 0 fully saturated rings. The fraction of sp³-hybridized carbons (Fsp3) is 0.400. The Morgan fingerprint density at radius 1 is 0.512 bits per heavy atom. The Kier molecular flexibility index (Phi) is 8.83. The first kappa shape index (κ1) is 30.1. The Bertz CT molecular complexity index is 1350. The van der Waals surface area contributed by atoms with Crippen LogP contribution in [0.3, 0.4) is 0 Å². The van der Waals surface area contributed by atoms with Crippen molar-refractivity contribution in [2.75, 3.05) is 27.2 Å². The van der Waals surface area contributed by atoms with Gasteiger partial charge in [0, 0.05) is 22.7 Å². The quantitative estimate of drug-likeness (QED) is 0.200. The molecule has 3 heteroatoms. The molecule has 0 saturated heterocycles. The van der Waals surface area contributed by atoms with Gasteiger partial charge in [-0.1, -0.05) is 97.1 Å². The molecule has 6 aliphatic rings. The predicted octanol–water partition coefficient (Wildman–Crippen LogP) is 8.84. The molecule has 224 valence electrons. The van der Waals surface area contributed by atoms with Crippen molar-refractivity contribution < 1.29 is 0 Å². The van der Waals surface area contributed by atoms with Crippen LogP contribution >= 0.6 is 12.4 Å². The molecule has 6 aliphatic carbocycles. The standard InChI is InChI=1S/2C20H23N.ClH/c2*1-21-14-6-12-20-13-11-15(16-7-2-4-9-18(16)20)17-8-3-5-10-19(17)20;/h2*2-5,7-10,15,21H,6,11-14H2,1H3;1H. The lowest BCUT2D eigenvalue weighted by molar-refractivity contribution is 0.341. The molecule has 2 nitrogen and oxygen atoms in total. The van der Waals surface area contributed by atoms with Crippen LogP contribution in [0, 0.1) is 0 Å². The van der Waals surface area contributed by atoms with E-state index in [1.807, 2.05) is 0 Å². The molecular weight excluding hydrogens is 544 g/mol. The Labute approximate surface area is 265 Å². The van der Waals surface area contributed by atoms with E-state index in [1.54, 1.807) is 44.5 Å². The summed E-state index contributed by atoms with van der Waals surface area (Å²) in [6, 6.07) is 36.7. The van der Waals surface area contributed by atoms with Crippen molar-refractivity contribution in [1.82, 2.24) is 10.6 Å². The van der Waals surface area contributed by atoms with Crippen LogP contribution in [0.2, 0.25) is 0 Å². The van der Waals surface area contributed by atoms with Gasteiger partial charge >= 0.3 is 0 Å². The second-order valence-electron chi connectivity index (χ2n) is 13.1. The van der Waals surface area contributed by atoms with E-state index in [9.17, 15) is 0 Å². The van der Waals surface area contributed by atoms with Gasteiger partial charge in [-0.05, 0) is 123 Å². The highest BCUT2D eigenvalue weighted by Gasteiger charge is 2.48. The van der Waals surface area contributed by atoms with Crippen molar-refractivity contribution in [1.29, 1.82) is 0 Å². The molecule has 4 aromatic rings. The van der Waals surface area contributed by atoms with Gasteiger partial charge < -0.3 is 10.6 Å². The zero-order valence-corrected chi connectivity index (χ0v) is 26.7. The van der Waals surface area contributed by atoms with Crippen LogP contribution in [-0.2, 0) is 10.8 Å². The number of rotatable bonds is 8. The maximum Gasteiger partial charge on any atom is 0.0209 e. The fourth-order valence-corrected chi connectivity index (χ4v) is 9.44. The Balaban J connectivity index is 0.000000150. The van der Waals surface area contributed by atoms with Gasteiger partial charge in [-0.2, -0.15) is 0 Å². The molecule has 0 amide bonds. The van der Waals surface area contributed by atoms with E-state index in [4.69, 9.17) is 0 Å². The first-order chi connectivity index (χ1) is 20.7. The van der Waals surface area contributed by atoms with Crippen molar-refractivity contribution in [2.45, 2.75) is 74.0 Å². The normalized spacial score (nSPS) is 24.9. The lowest BCUT2D eigenvalue weighted by atomic mass is 9.54. The zero-order chi connectivity index (χ0) is 28.6. The van der Waals surface area contributed by atoms with E-state index >= 15 is 0 Å². The van der Waals surface area contributed by atoms with E-state index in [0.717, 1.165) is 13.1 Å². The van der Waals surface area contributed by atoms with Crippen LogP contribution in [0.15, 0.2) is 97.1 Å². The molecule has 10 rings (SSSR count). The van der Waals surface area contributed by atoms with Gasteiger partial charge in [-0.25, -0.2) is 0 Å². The van der Waals surface area contributed by atoms with Crippen LogP contribution in [0.1, 0.15) is 108 Å². The summed E-state index contributed by atoms with van der Waals surface area (Å²) in [5, 5.41) is 6.62. The number of hydrogen-bond donors (Lipinski definition) is 2. The average Bonchev–Trinajstić information content (AvgIpc) is 3.06. The van der Waals surface area contributed by atoms with Gasteiger partial charge in [0.05, 0.1) is 0 Å². The van der Waals surface area contributed by atoms with Crippen molar-refractivity contribution >= 4 is 12.4 Å². The van der Waals surface area contributed by atoms with Crippen molar-refractivity contribution in [3.63, 3.8) is 0 Å². The van der Waals surface area contributed by atoms with Crippen molar-refractivity contribution in [3.8, 4) is 0 Å². The molecule has 43 heavy (non-hydrogen) atoms. The summed E-state index contributed by atoms with van der Waals surface area (Å²) in [5.74, 6) is 1.26. The van der Waals surface area contributed by atoms with E-state index in [1.165, 1.54) is 51.4 Å². The molecule has 4 aromatic carbocycles. The number of nitrogens with one attached hydrogen (secondary N) is 2. The lowest BCUT2D eigenvalue weighted by Crippen LogP contribution is -2.40. The minimum Gasteiger partial charge on any atom is -0.320 e. The highest BCUT2D eigenvalue weighted by molar-refractivity contribution is 5.85. The average molecular weight is 591 g/mol. The SMILES string of the molecule is CNCCCC12CCC(c3ccccc31)c1ccccc12.CNCCCC12CCC(c3ccccc31)c1ccccc12.Cl. The van der Waals surface area contributed by atoms with Crippen LogP contribution < -0.4 is 10.6 Å². The predicted molar refractivity (Wildman–Crippen MR) is 183 cm³/mol. The van der Waals surface area contributed by atoms with Crippen LogP contribution in [0.25, 0.3) is 0 Å². The van der Waals surface area contributed by atoms with Gasteiger partial charge in [0.1, 0.15) is 0 Å². The maximum atomic E-state index is 3.31. The third-order valence-corrected chi connectivity index (χ3v) is 11.2. The van der Waals surface area contributed by atoms with Gasteiger partial charge in [-0.15, -0.1) is 12.4 Å². The molecule has 4 bridgehead atoms. The van der Waals surface area contributed by atoms with Crippen LogP contribution in [-0.4, -0.2) is 27.2 Å². The third kappa shape index (κ3) is 4.87. The van der Waals surface area contributed by atoms with Gasteiger partial charge in [0.25, 0.3) is 0 Å². The number of fused-ring (bicyclic) bond motifs is 2. The minimum atomic E-state index is 0. The molecule has 0 radical (unpaired) electrons. The van der Waals surface area contributed by atoms with Crippen LogP contribution in [0.5, 0.6) is 0 Å². The first-order valence-corrected chi connectivity index (χ1v) is 16.4. The zero-order valence-electron chi connectivity index (χ0n) is 25.9. The molecule has 0 aliphatic heterocycles. The maximum absolute atomic E-state index is 3.31. The summed E-state index contributed by atoms with van der Waals surface area (Å²) in [6.45, 7) is 2.21. The fourth-order valence-electron chi connectivity index (χ4n) is 9.44. The van der Waals surface area contributed by atoms with E-state index in [-0.39, 0.29) is 23.2 Å². The smallest absolute Gasteiger partial charge is 0.0209 e. The highest BCUT2D eigenvalue weighted by Crippen LogP contribution is 2.59. The second-order valence-corrected chi connectivity index (χ2v) is 13.1. The molecule has 0 unspecified atom stereocenters. The summed E-state index contributed by atoms with van der Waals surface area (Å²) in [4.78, 5) is 0. The Morgan fingerprint density at radius 3 is 1.12 bits per heavy atom. The van der Waals surface area contributed by atoms with E-state index in [2.05, 4.69) is 122 Å². The van der Waals surface area contributed by atoms with E-state index < -0.39 is 0 Å². The molecular formula is C40H47ClN2. The summed E-state index contributed by atoms with van der Waals surface area (Å²) >= 11 is 0. The summed E-state index contributed by atoms with van der Waals surface area (Å²) in [7, 11) is 4.11. The van der Waals surface area contributed by atoms with Gasteiger partial charge in [0.15, 0.2) is 0 Å². The van der Waals surface area contributed by atoms with Crippen molar-refractivity contribution in [2.24, 2.45) is 0 Å². The van der Waals surface area contributed by atoms with Crippen molar-refractivity contribution in [3.05, 3.63) is 142 Å². The first-order valence-electron chi connectivity index (χ1n) is 16.4. The molecule has 2 N–H and O–H groups in total. The number of benzene rings is 4. The van der Waals surface area contributed by atoms with E-state index in [0.29, 0.717) is 11.8 Å². The second kappa shape index (κ2) is 12.6. The number of halogens is 1. The molecule has 0 spiro atoms. The highest BCUT2D eigenvalue weighted by atomic mass is 35.5. The minimum absolute atomic E-state index is 0. The summed E-state index contributed by atoms with van der Waals surface area (Å²) < 4.78 is 0. The molecule has 0 aromatic heterocycles. The molecule has 0 heterocycles. The monoisotopic (exact) mass is 590 g/mol. The Morgan fingerprint density at radius 2 is 0.814 bits per heavy atom. The lowest BCUT2D eigenvalue weighted by Gasteiger charge is -2.50. The third-order valence-electron chi connectivity index (χ3n) is 11.2. The summed E-state index contributed by atoms with van der Waals surface area (Å²) in [6.07, 6.45) is 10.3. The largest absolute Gasteiger partial charge is 0.320 e. The molecule has 0 atom stereocenters. The number of hydrogen-bond acceptors (Lipinski definition) is 2. The molecule has 0 saturated carbocycles. The van der Waals surface area contributed by atoms with Crippen LogP contribution in [0.4, 0.5) is 0 Å². The van der Waals surface area contributed by atoms with Gasteiger partial charge in [0.2, 0.25) is 0 Å². The van der Waals surface area contributed by atoms with Gasteiger partial charge in [-0.3, -0.25) is 0 Å². The summed E-state index contributed by atoms with van der Waals surface area (Å²) in [5.41, 5.74) is 13.3.